The molecule has 2 rings (SSSR count). The summed E-state index contributed by atoms with van der Waals surface area (Å²) in [6, 6.07) is 1.74. The van der Waals surface area contributed by atoms with E-state index < -0.39 is 0 Å². The Morgan fingerprint density at radius 1 is 1.50 bits per heavy atom. The van der Waals surface area contributed by atoms with Crippen molar-refractivity contribution in [2.24, 2.45) is 5.92 Å². The summed E-state index contributed by atoms with van der Waals surface area (Å²) in [6.45, 7) is 2.29. The third-order valence-corrected chi connectivity index (χ3v) is 4.21. The molecule has 1 aromatic rings. The zero-order valence-corrected chi connectivity index (χ0v) is 11.7. The van der Waals surface area contributed by atoms with Gasteiger partial charge in [0.2, 0.25) is 11.8 Å². The lowest BCUT2D eigenvalue weighted by atomic mass is 9.78. The fourth-order valence-electron chi connectivity index (χ4n) is 2.36. The first-order chi connectivity index (χ1) is 8.67. The Morgan fingerprint density at radius 2 is 2.22 bits per heavy atom. The maximum atomic E-state index is 6.16. The van der Waals surface area contributed by atoms with Crippen LogP contribution in [-0.2, 0) is 0 Å². The molecule has 1 N–H and O–H groups in total. The number of methoxy groups -OCH3 is 1. The summed E-state index contributed by atoms with van der Waals surface area (Å²) in [7, 11) is 1.60. The minimum Gasteiger partial charge on any atom is -0.481 e. The van der Waals surface area contributed by atoms with E-state index in [1.165, 1.54) is 12.8 Å². The van der Waals surface area contributed by atoms with Gasteiger partial charge in [0, 0.05) is 18.1 Å². The topological polar surface area (TPSA) is 47.0 Å². The summed E-state index contributed by atoms with van der Waals surface area (Å²) in [5.74, 6) is 2.54. The summed E-state index contributed by atoms with van der Waals surface area (Å²) in [5, 5.41) is 3.41. The van der Waals surface area contributed by atoms with E-state index in [1.54, 1.807) is 19.4 Å². The molecule has 1 aliphatic rings. The Kier molecular flexibility index (Phi) is 4.27. The van der Waals surface area contributed by atoms with Crippen LogP contribution in [0.25, 0.3) is 0 Å². The van der Waals surface area contributed by atoms with Crippen LogP contribution in [0, 0.1) is 5.92 Å². The van der Waals surface area contributed by atoms with Crippen molar-refractivity contribution in [3.63, 3.8) is 0 Å². The molecule has 0 spiro atoms. The summed E-state index contributed by atoms with van der Waals surface area (Å²) < 4.78 is 5.10. The molecule has 0 bridgehead atoms. The first-order valence-corrected chi connectivity index (χ1v) is 6.92. The fraction of sp³-hybridized carbons (Fsp3) is 0.692. The number of nitrogens with one attached hydrogen (secondary N) is 1. The Bertz CT molecular complexity index is 392. The van der Waals surface area contributed by atoms with E-state index in [0.29, 0.717) is 17.7 Å². The van der Waals surface area contributed by atoms with E-state index in [0.717, 1.165) is 18.8 Å². The lowest BCUT2D eigenvalue weighted by molar-refractivity contribution is 0.285. The highest BCUT2D eigenvalue weighted by atomic mass is 35.5. The molecular weight excluding hydrogens is 250 g/mol. The Balaban J connectivity index is 2.09. The van der Waals surface area contributed by atoms with Gasteiger partial charge in [-0.2, -0.15) is 4.98 Å². The third-order valence-electron chi connectivity index (χ3n) is 3.70. The molecule has 0 saturated heterocycles. The van der Waals surface area contributed by atoms with E-state index >= 15 is 0 Å². The lowest BCUT2D eigenvalue weighted by Gasteiger charge is -2.38. The van der Waals surface area contributed by atoms with E-state index in [2.05, 4.69) is 22.2 Å². The molecule has 0 aromatic carbocycles. The van der Waals surface area contributed by atoms with Crippen LogP contribution in [0.3, 0.4) is 0 Å². The molecule has 18 heavy (non-hydrogen) atoms. The summed E-state index contributed by atoms with van der Waals surface area (Å²) >= 11 is 6.16. The molecule has 100 valence electrons. The molecule has 5 heteroatoms. The van der Waals surface area contributed by atoms with Gasteiger partial charge in [0.05, 0.1) is 12.6 Å². The second-order valence-corrected chi connectivity index (χ2v) is 5.41. The second-order valence-electron chi connectivity index (χ2n) is 5.14. The minimum atomic E-state index is -0.0690. The van der Waals surface area contributed by atoms with Gasteiger partial charge in [0.15, 0.2) is 0 Å². The third kappa shape index (κ3) is 3.05. The van der Waals surface area contributed by atoms with Gasteiger partial charge < -0.3 is 10.1 Å². The smallest absolute Gasteiger partial charge is 0.226 e. The summed E-state index contributed by atoms with van der Waals surface area (Å²) in [6.07, 6.45) is 6.23. The maximum absolute atomic E-state index is 6.16. The standard InChI is InChI=1S/C13H20ClN3O/c1-10-3-6-13(9-14,7-4-10)17-12-15-8-5-11(16-12)18-2/h5,8,10H,3-4,6-7,9H2,1-2H3,(H,15,16,17). The SMILES string of the molecule is COc1ccnc(NC2(CCl)CCC(C)CC2)n1. The molecule has 1 aromatic heterocycles. The summed E-state index contributed by atoms with van der Waals surface area (Å²) in [5.41, 5.74) is -0.0690. The predicted molar refractivity (Wildman–Crippen MR) is 73.3 cm³/mol. The highest BCUT2D eigenvalue weighted by Crippen LogP contribution is 2.34. The lowest BCUT2D eigenvalue weighted by Crippen LogP contribution is -2.44. The van der Waals surface area contributed by atoms with Crippen LogP contribution in [-0.4, -0.2) is 28.5 Å². The normalized spacial score (nSPS) is 27.8. The predicted octanol–water partition coefficient (Wildman–Crippen LogP) is 3.08. The number of halogens is 1. The van der Waals surface area contributed by atoms with Crippen LogP contribution >= 0.6 is 11.6 Å². The van der Waals surface area contributed by atoms with Crippen molar-refractivity contribution < 1.29 is 4.74 Å². The molecule has 0 amide bonds. The largest absolute Gasteiger partial charge is 0.481 e. The van der Waals surface area contributed by atoms with Crippen LogP contribution < -0.4 is 10.1 Å². The van der Waals surface area contributed by atoms with Crippen molar-refractivity contribution in [1.82, 2.24) is 9.97 Å². The zero-order valence-electron chi connectivity index (χ0n) is 10.9. The monoisotopic (exact) mass is 269 g/mol. The molecule has 1 saturated carbocycles. The number of aromatic nitrogens is 2. The molecule has 4 nitrogen and oxygen atoms in total. The quantitative estimate of drug-likeness (QED) is 0.854. The van der Waals surface area contributed by atoms with Crippen LogP contribution in [0.2, 0.25) is 0 Å². The molecule has 0 atom stereocenters. The maximum Gasteiger partial charge on any atom is 0.226 e. The van der Waals surface area contributed by atoms with E-state index in [-0.39, 0.29) is 5.54 Å². The van der Waals surface area contributed by atoms with Gasteiger partial charge in [-0.1, -0.05) is 6.92 Å². The first kappa shape index (κ1) is 13.4. The Hall–Kier alpha value is -1.03. The highest BCUT2D eigenvalue weighted by Gasteiger charge is 2.34. The van der Waals surface area contributed by atoms with E-state index in [4.69, 9.17) is 16.3 Å². The van der Waals surface area contributed by atoms with Gasteiger partial charge in [-0.3, -0.25) is 0 Å². The van der Waals surface area contributed by atoms with E-state index in [1.807, 2.05) is 0 Å². The number of nitrogens with zero attached hydrogens (tertiary/aromatic N) is 2. The number of hydrogen-bond acceptors (Lipinski definition) is 4. The van der Waals surface area contributed by atoms with Crippen molar-refractivity contribution >= 4 is 17.5 Å². The van der Waals surface area contributed by atoms with Crippen molar-refractivity contribution in [3.8, 4) is 5.88 Å². The van der Waals surface area contributed by atoms with Crippen molar-refractivity contribution in [3.05, 3.63) is 12.3 Å². The zero-order chi connectivity index (χ0) is 13.0. The number of ether oxygens (including phenoxy) is 1. The van der Waals surface area contributed by atoms with Gasteiger partial charge in [-0.15, -0.1) is 11.6 Å². The number of alkyl halides is 1. The average molecular weight is 270 g/mol. The summed E-state index contributed by atoms with van der Waals surface area (Å²) in [4.78, 5) is 8.53. The fourth-order valence-corrected chi connectivity index (χ4v) is 2.69. The molecule has 0 radical (unpaired) electrons. The first-order valence-electron chi connectivity index (χ1n) is 6.39. The minimum absolute atomic E-state index is 0.0690. The molecule has 0 aliphatic heterocycles. The van der Waals surface area contributed by atoms with Crippen molar-refractivity contribution in [2.75, 3.05) is 18.3 Å². The molecule has 1 aliphatic carbocycles. The van der Waals surface area contributed by atoms with Crippen LogP contribution in [0.15, 0.2) is 12.3 Å². The van der Waals surface area contributed by atoms with Gasteiger partial charge in [-0.25, -0.2) is 4.98 Å². The number of anilines is 1. The Morgan fingerprint density at radius 3 is 2.83 bits per heavy atom. The van der Waals surface area contributed by atoms with Gasteiger partial charge in [0.25, 0.3) is 0 Å². The van der Waals surface area contributed by atoms with Gasteiger partial charge in [0.1, 0.15) is 0 Å². The average Bonchev–Trinajstić information content (AvgIpc) is 2.42. The second kappa shape index (κ2) is 5.74. The van der Waals surface area contributed by atoms with Crippen molar-refractivity contribution in [2.45, 2.75) is 38.1 Å². The highest BCUT2D eigenvalue weighted by molar-refractivity contribution is 6.18. The van der Waals surface area contributed by atoms with Crippen LogP contribution in [0.1, 0.15) is 32.6 Å². The molecule has 0 unspecified atom stereocenters. The van der Waals surface area contributed by atoms with Gasteiger partial charge in [-0.05, 0) is 31.6 Å². The number of hydrogen-bond donors (Lipinski definition) is 1. The molecule has 1 fully saturated rings. The van der Waals surface area contributed by atoms with E-state index in [9.17, 15) is 0 Å². The molecule has 1 heterocycles. The molecular formula is C13H20ClN3O. The Labute approximate surface area is 113 Å². The van der Waals surface area contributed by atoms with Crippen LogP contribution in [0.4, 0.5) is 5.95 Å². The number of rotatable bonds is 4. The van der Waals surface area contributed by atoms with Crippen LogP contribution in [0.5, 0.6) is 5.88 Å². The van der Waals surface area contributed by atoms with Crippen molar-refractivity contribution in [1.29, 1.82) is 0 Å². The van der Waals surface area contributed by atoms with Gasteiger partial charge >= 0.3 is 0 Å².